The molecule has 0 saturated carbocycles. The number of hydrogen-bond donors (Lipinski definition) is 1. The molecule has 25 heavy (non-hydrogen) atoms. The van der Waals surface area contributed by atoms with E-state index in [0.717, 1.165) is 16.9 Å². The molecule has 1 N–H and O–H groups in total. The summed E-state index contributed by atoms with van der Waals surface area (Å²) in [7, 11) is 0. The van der Waals surface area contributed by atoms with Crippen molar-refractivity contribution in [3.8, 4) is 5.69 Å². The van der Waals surface area contributed by atoms with Gasteiger partial charge in [-0.15, -0.1) is 10.2 Å². The van der Waals surface area contributed by atoms with Gasteiger partial charge >= 0.3 is 0 Å². The highest BCUT2D eigenvalue weighted by Crippen LogP contribution is 2.23. The second-order valence-electron chi connectivity index (χ2n) is 5.30. The predicted molar refractivity (Wildman–Crippen MR) is 97.9 cm³/mol. The average molecular weight is 374 g/mol. The molecule has 1 amide bonds. The molecule has 3 rings (SSSR count). The number of rotatable bonds is 6. The van der Waals surface area contributed by atoms with E-state index in [-0.39, 0.29) is 11.7 Å². The van der Waals surface area contributed by atoms with Crippen molar-refractivity contribution in [3.63, 3.8) is 0 Å². The molecule has 2 heterocycles. The number of carbonyl (C=O) groups excluding carboxylic acids is 1. The number of aryl methyl sites for hydroxylation is 1. The third-order valence-electron chi connectivity index (χ3n) is 3.48. The van der Waals surface area contributed by atoms with Crippen molar-refractivity contribution in [1.29, 1.82) is 0 Å². The summed E-state index contributed by atoms with van der Waals surface area (Å²) in [5.74, 6) is 0.151. The zero-order chi connectivity index (χ0) is 17.6. The van der Waals surface area contributed by atoms with Crippen LogP contribution in [0.1, 0.15) is 11.3 Å². The summed E-state index contributed by atoms with van der Waals surface area (Å²) >= 11 is 7.49. The van der Waals surface area contributed by atoms with E-state index in [4.69, 9.17) is 11.6 Å². The van der Waals surface area contributed by atoms with Crippen LogP contribution in [-0.4, -0.2) is 31.4 Å². The van der Waals surface area contributed by atoms with Gasteiger partial charge in [0.15, 0.2) is 5.16 Å². The Morgan fingerprint density at radius 1 is 1.32 bits per heavy atom. The molecule has 2 aromatic heterocycles. The van der Waals surface area contributed by atoms with E-state index in [1.807, 2.05) is 47.9 Å². The molecule has 0 unspecified atom stereocenters. The fourth-order valence-electron chi connectivity index (χ4n) is 2.10. The average Bonchev–Trinajstić information content (AvgIpc) is 3.10. The highest BCUT2D eigenvalue weighted by Gasteiger charge is 2.11. The SMILES string of the molecule is Cc1ccc(-n2cnnc2SCC(=O)NCc2ccccn2)cc1Cl. The summed E-state index contributed by atoms with van der Waals surface area (Å²) in [5, 5.41) is 12.1. The molecule has 0 saturated heterocycles. The molecule has 3 aromatic rings. The van der Waals surface area contributed by atoms with Crippen LogP contribution in [0.4, 0.5) is 0 Å². The van der Waals surface area contributed by atoms with Gasteiger partial charge in [0.05, 0.1) is 23.7 Å². The highest BCUT2D eigenvalue weighted by atomic mass is 35.5. The van der Waals surface area contributed by atoms with Gasteiger partial charge in [-0.25, -0.2) is 0 Å². The fraction of sp³-hybridized carbons (Fsp3) is 0.176. The van der Waals surface area contributed by atoms with Gasteiger partial charge in [0.25, 0.3) is 0 Å². The number of nitrogens with one attached hydrogen (secondary N) is 1. The molecular formula is C17H16ClN5OS. The first-order chi connectivity index (χ1) is 12.1. The fourth-order valence-corrected chi connectivity index (χ4v) is 3.04. The van der Waals surface area contributed by atoms with Crippen molar-refractivity contribution in [2.24, 2.45) is 0 Å². The molecule has 0 fully saturated rings. The van der Waals surface area contributed by atoms with Crippen LogP contribution in [-0.2, 0) is 11.3 Å². The number of halogens is 1. The lowest BCUT2D eigenvalue weighted by Gasteiger charge is -2.08. The van der Waals surface area contributed by atoms with Crippen LogP contribution in [0.25, 0.3) is 5.69 Å². The summed E-state index contributed by atoms with van der Waals surface area (Å²) in [6.07, 6.45) is 3.31. The minimum atomic E-state index is -0.0906. The van der Waals surface area contributed by atoms with Crippen molar-refractivity contribution in [1.82, 2.24) is 25.1 Å². The Hall–Kier alpha value is -2.38. The van der Waals surface area contributed by atoms with Crippen LogP contribution in [0, 0.1) is 6.92 Å². The van der Waals surface area contributed by atoms with E-state index < -0.39 is 0 Å². The lowest BCUT2D eigenvalue weighted by atomic mass is 10.2. The molecule has 0 radical (unpaired) electrons. The normalized spacial score (nSPS) is 10.6. The maximum Gasteiger partial charge on any atom is 0.230 e. The molecule has 0 atom stereocenters. The standard InChI is InChI=1S/C17H16ClN5OS/c1-12-5-6-14(8-15(12)18)23-11-21-22-17(23)25-10-16(24)20-9-13-4-2-3-7-19-13/h2-8,11H,9-10H2,1H3,(H,20,24). The van der Waals surface area contributed by atoms with E-state index in [2.05, 4.69) is 20.5 Å². The lowest BCUT2D eigenvalue weighted by Crippen LogP contribution is -2.25. The third kappa shape index (κ3) is 4.58. The summed E-state index contributed by atoms with van der Waals surface area (Å²) in [6, 6.07) is 11.3. The Labute approximate surface area is 154 Å². The second-order valence-corrected chi connectivity index (χ2v) is 6.65. The van der Waals surface area contributed by atoms with Crippen LogP contribution >= 0.6 is 23.4 Å². The van der Waals surface area contributed by atoms with Gasteiger partial charge in [-0.05, 0) is 36.8 Å². The van der Waals surface area contributed by atoms with Crippen LogP contribution < -0.4 is 5.32 Å². The summed E-state index contributed by atoms with van der Waals surface area (Å²) in [5.41, 5.74) is 2.68. The number of benzene rings is 1. The van der Waals surface area contributed by atoms with Crippen molar-refractivity contribution in [2.75, 3.05) is 5.75 Å². The van der Waals surface area contributed by atoms with E-state index in [1.54, 1.807) is 12.5 Å². The van der Waals surface area contributed by atoms with Crippen molar-refractivity contribution >= 4 is 29.3 Å². The van der Waals surface area contributed by atoms with E-state index in [0.29, 0.717) is 16.7 Å². The maximum atomic E-state index is 12.0. The van der Waals surface area contributed by atoms with Crippen LogP contribution in [0.2, 0.25) is 5.02 Å². The monoisotopic (exact) mass is 373 g/mol. The minimum Gasteiger partial charge on any atom is -0.350 e. The predicted octanol–water partition coefficient (Wildman–Crippen LogP) is 3.03. The molecule has 128 valence electrons. The number of thioether (sulfide) groups is 1. The maximum absolute atomic E-state index is 12.0. The van der Waals surface area contributed by atoms with Gasteiger partial charge in [0.2, 0.25) is 5.91 Å². The Morgan fingerprint density at radius 2 is 2.20 bits per heavy atom. The molecule has 0 aliphatic rings. The zero-order valence-corrected chi connectivity index (χ0v) is 15.1. The van der Waals surface area contributed by atoms with Crippen molar-refractivity contribution in [3.05, 3.63) is 65.2 Å². The molecule has 6 nitrogen and oxygen atoms in total. The van der Waals surface area contributed by atoms with Crippen LogP contribution in [0.15, 0.2) is 54.1 Å². The second kappa shape index (κ2) is 8.13. The van der Waals surface area contributed by atoms with E-state index in [9.17, 15) is 4.79 Å². The smallest absolute Gasteiger partial charge is 0.230 e. The first-order valence-electron chi connectivity index (χ1n) is 7.59. The summed E-state index contributed by atoms with van der Waals surface area (Å²) in [4.78, 5) is 16.2. The van der Waals surface area contributed by atoms with Gasteiger partial charge in [0, 0.05) is 11.2 Å². The van der Waals surface area contributed by atoms with Crippen molar-refractivity contribution < 1.29 is 4.79 Å². The number of pyridine rings is 1. The minimum absolute atomic E-state index is 0.0906. The molecule has 0 bridgehead atoms. The van der Waals surface area contributed by atoms with E-state index >= 15 is 0 Å². The van der Waals surface area contributed by atoms with Gasteiger partial charge in [-0.2, -0.15) is 0 Å². The Morgan fingerprint density at radius 3 is 2.96 bits per heavy atom. The van der Waals surface area contributed by atoms with Gasteiger partial charge < -0.3 is 5.32 Å². The van der Waals surface area contributed by atoms with Crippen molar-refractivity contribution in [2.45, 2.75) is 18.6 Å². The number of aromatic nitrogens is 4. The number of amides is 1. The van der Waals surface area contributed by atoms with Gasteiger partial charge in [0.1, 0.15) is 6.33 Å². The van der Waals surface area contributed by atoms with Gasteiger partial charge in [-0.3, -0.25) is 14.3 Å². The molecule has 8 heteroatoms. The number of carbonyl (C=O) groups is 1. The number of hydrogen-bond acceptors (Lipinski definition) is 5. The van der Waals surface area contributed by atoms with Gasteiger partial charge in [-0.1, -0.05) is 35.5 Å². The Kier molecular flexibility index (Phi) is 5.67. The number of nitrogens with zero attached hydrogens (tertiary/aromatic N) is 4. The molecule has 0 aliphatic carbocycles. The molecule has 1 aromatic carbocycles. The Bertz CT molecular complexity index is 868. The first kappa shape index (κ1) is 17.4. The highest BCUT2D eigenvalue weighted by molar-refractivity contribution is 7.99. The lowest BCUT2D eigenvalue weighted by molar-refractivity contribution is -0.118. The van der Waals surface area contributed by atoms with E-state index in [1.165, 1.54) is 11.8 Å². The first-order valence-corrected chi connectivity index (χ1v) is 8.96. The zero-order valence-electron chi connectivity index (χ0n) is 13.5. The summed E-state index contributed by atoms with van der Waals surface area (Å²) in [6.45, 7) is 2.35. The summed E-state index contributed by atoms with van der Waals surface area (Å²) < 4.78 is 1.81. The largest absolute Gasteiger partial charge is 0.350 e. The van der Waals surface area contributed by atoms with Crippen LogP contribution in [0.5, 0.6) is 0 Å². The molecule has 0 spiro atoms. The Balaban J connectivity index is 1.59. The topological polar surface area (TPSA) is 72.7 Å². The quantitative estimate of drug-likeness (QED) is 0.672. The molecule has 0 aliphatic heterocycles. The molecular weight excluding hydrogens is 358 g/mol. The third-order valence-corrected chi connectivity index (χ3v) is 4.83. The van der Waals surface area contributed by atoms with Crippen LogP contribution in [0.3, 0.4) is 0 Å².